The fourth-order valence-corrected chi connectivity index (χ4v) is 4.67. The standard InChI is InChI=1S/C31H26F3N3O6/c1-20-27(29(40)43-15-14-42-19-22-6-3-2-4-7-22)28(23-12-10-21(17-35)11-13-23)36(18-26(38)39)30(41)37(20)25-9-5-8-24(16-25)31(32,33)34/h2-13,16,28H,14-15,18-19H2,1H3,(H,38,39). The van der Waals surface area contributed by atoms with E-state index in [1.165, 1.54) is 37.3 Å². The van der Waals surface area contributed by atoms with Gasteiger partial charge >= 0.3 is 24.1 Å². The molecule has 0 bridgehead atoms. The highest BCUT2D eigenvalue weighted by Crippen LogP contribution is 2.41. The number of carbonyl (C=O) groups is 3. The van der Waals surface area contributed by atoms with Gasteiger partial charge in [-0.05, 0) is 48.4 Å². The quantitative estimate of drug-likeness (QED) is 0.237. The van der Waals surface area contributed by atoms with E-state index in [1.807, 2.05) is 36.4 Å². The van der Waals surface area contributed by atoms with E-state index in [0.717, 1.165) is 33.6 Å². The molecule has 0 saturated carbocycles. The number of hydrogen-bond donors (Lipinski definition) is 1. The number of esters is 1. The van der Waals surface area contributed by atoms with Crippen LogP contribution in [0, 0.1) is 11.3 Å². The number of carboxylic acid groups (broad SMARTS) is 1. The Labute approximate surface area is 245 Å². The van der Waals surface area contributed by atoms with Gasteiger partial charge < -0.3 is 19.5 Å². The summed E-state index contributed by atoms with van der Waals surface area (Å²) in [4.78, 5) is 41.0. The molecule has 9 nitrogen and oxygen atoms in total. The second-order valence-corrected chi connectivity index (χ2v) is 9.50. The van der Waals surface area contributed by atoms with Crippen LogP contribution >= 0.6 is 0 Å². The summed E-state index contributed by atoms with van der Waals surface area (Å²) in [5.41, 5.74) is 0.0130. The first kappa shape index (κ1) is 30.8. The summed E-state index contributed by atoms with van der Waals surface area (Å²) >= 11 is 0. The van der Waals surface area contributed by atoms with Crippen LogP contribution in [-0.4, -0.2) is 47.7 Å². The summed E-state index contributed by atoms with van der Waals surface area (Å²) < 4.78 is 51.6. The monoisotopic (exact) mass is 593 g/mol. The van der Waals surface area contributed by atoms with Crippen molar-refractivity contribution < 1.29 is 42.1 Å². The number of hydrogen-bond acceptors (Lipinski definition) is 6. The first-order valence-corrected chi connectivity index (χ1v) is 13.0. The first-order chi connectivity index (χ1) is 20.5. The Balaban J connectivity index is 1.73. The van der Waals surface area contributed by atoms with E-state index in [1.54, 1.807) is 0 Å². The minimum atomic E-state index is -4.72. The van der Waals surface area contributed by atoms with Gasteiger partial charge in [0.2, 0.25) is 0 Å². The maximum absolute atomic E-state index is 13.8. The number of rotatable bonds is 10. The normalized spacial score (nSPS) is 15.3. The lowest BCUT2D eigenvalue weighted by atomic mass is 9.92. The number of halogens is 3. The van der Waals surface area contributed by atoms with E-state index >= 15 is 0 Å². The molecule has 1 unspecified atom stereocenters. The molecule has 43 heavy (non-hydrogen) atoms. The topological polar surface area (TPSA) is 120 Å². The van der Waals surface area contributed by atoms with Gasteiger partial charge in [0.05, 0.1) is 47.7 Å². The molecule has 0 fully saturated rings. The number of urea groups is 1. The van der Waals surface area contributed by atoms with Crippen molar-refractivity contribution in [1.29, 1.82) is 5.26 Å². The molecule has 4 rings (SSSR count). The summed E-state index contributed by atoms with van der Waals surface area (Å²) in [7, 11) is 0. The fraction of sp³-hybridized carbons (Fsp3) is 0.226. The summed E-state index contributed by atoms with van der Waals surface area (Å²) in [6, 6.07) is 18.7. The average molecular weight is 594 g/mol. The number of amides is 2. The zero-order valence-electron chi connectivity index (χ0n) is 22.9. The predicted molar refractivity (Wildman–Crippen MR) is 147 cm³/mol. The number of ether oxygens (including phenoxy) is 2. The molecule has 1 atom stereocenters. The molecule has 0 spiro atoms. The minimum Gasteiger partial charge on any atom is -0.480 e. The molecule has 1 N–H and O–H groups in total. The van der Waals surface area contributed by atoms with Crippen LogP contribution in [-0.2, 0) is 31.8 Å². The molecular formula is C31H26F3N3O6. The number of nitriles is 1. The highest BCUT2D eigenvalue weighted by Gasteiger charge is 2.44. The van der Waals surface area contributed by atoms with E-state index in [4.69, 9.17) is 9.47 Å². The molecule has 0 aromatic heterocycles. The largest absolute Gasteiger partial charge is 0.480 e. The second-order valence-electron chi connectivity index (χ2n) is 9.50. The maximum atomic E-state index is 13.8. The van der Waals surface area contributed by atoms with Gasteiger partial charge in [-0.3, -0.25) is 9.69 Å². The van der Waals surface area contributed by atoms with E-state index in [2.05, 4.69) is 0 Å². The molecule has 3 aromatic rings. The third-order valence-electron chi connectivity index (χ3n) is 6.63. The summed E-state index contributed by atoms with van der Waals surface area (Å²) in [5.74, 6) is -2.34. The lowest BCUT2D eigenvalue weighted by Gasteiger charge is -2.42. The number of benzene rings is 3. The molecule has 2 amide bonds. The van der Waals surface area contributed by atoms with Gasteiger partial charge in [0.1, 0.15) is 13.2 Å². The number of aliphatic carboxylic acids is 1. The average Bonchev–Trinajstić information content (AvgIpc) is 2.98. The molecule has 1 aliphatic heterocycles. The van der Waals surface area contributed by atoms with Crippen molar-refractivity contribution in [2.75, 3.05) is 24.7 Å². The Kier molecular flexibility index (Phi) is 9.47. The Bertz CT molecular complexity index is 1570. The minimum absolute atomic E-state index is 0.0175. The van der Waals surface area contributed by atoms with Crippen LogP contribution in [0.5, 0.6) is 0 Å². The van der Waals surface area contributed by atoms with Crippen LogP contribution in [0.2, 0.25) is 0 Å². The number of carboxylic acids is 1. The van der Waals surface area contributed by atoms with Crippen molar-refractivity contribution in [3.05, 3.63) is 112 Å². The predicted octanol–water partition coefficient (Wildman–Crippen LogP) is 5.68. The highest BCUT2D eigenvalue weighted by molar-refractivity contribution is 6.04. The highest BCUT2D eigenvalue weighted by atomic mass is 19.4. The molecular weight excluding hydrogens is 567 g/mol. The van der Waals surface area contributed by atoms with Crippen LogP contribution in [0.25, 0.3) is 0 Å². The van der Waals surface area contributed by atoms with Crippen LogP contribution in [0.15, 0.2) is 90.1 Å². The molecule has 3 aromatic carbocycles. The molecule has 1 heterocycles. The molecule has 1 aliphatic rings. The summed E-state index contributed by atoms with van der Waals surface area (Å²) in [6.45, 7) is 0.569. The molecule has 222 valence electrons. The first-order valence-electron chi connectivity index (χ1n) is 13.0. The summed E-state index contributed by atoms with van der Waals surface area (Å²) in [6.07, 6.45) is -4.72. The number of carbonyl (C=O) groups excluding carboxylic acids is 2. The summed E-state index contributed by atoms with van der Waals surface area (Å²) in [5, 5.41) is 18.9. The maximum Gasteiger partial charge on any atom is 0.416 e. The van der Waals surface area contributed by atoms with Crippen molar-refractivity contribution in [1.82, 2.24) is 4.90 Å². The lowest BCUT2D eigenvalue weighted by Crippen LogP contribution is -2.52. The molecule has 0 saturated heterocycles. The van der Waals surface area contributed by atoms with Crippen LogP contribution < -0.4 is 4.90 Å². The van der Waals surface area contributed by atoms with Crippen LogP contribution in [0.1, 0.15) is 35.2 Å². The third kappa shape index (κ3) is 7.20. The Hall–Kier alpha value is -5.15. The lowest BCUT2D eigenvalue weighted by molar-refractivity contribution is -0.143. The van der Waals surface area contributed by atoms with Crippen molar-refractivity contribution in [3.63, 3.8) is 0 Å². The van der Waals surface area contributed by atoms with Crippen molar-refractivity contribution in [3.8, 4) is 6.07 Å². The van der Waals surface area contributed by atoms with Gasteiger partial charge in [-0.15, -0.1) is 0 Å². The van der Waals surface area contributed by atoms with E-state index < -0.39 is 42.3 Å². The SMILES string of the molecule is CC1=C(C(=O)OCCOCc2ccccc2)C(c2ccc(C#N)cc2)N(CC(=O)O)C(=O)N1c1cccc(C(F)(F)F)c1. The Morgan fingerprint density at radius 3 is 2.33 bits per heavy atom. The number of allylic oxidation sites excluding steroid dienone is 1. The molecule has 12 heteroatoms. The number of anilines is 1. The van der Waals surface area contributed by atoms with Crippen LogP contribution in [0.3, 0.4) is 0 Å². The molecule has 0 radical (unpaired) electrons. The van der Waals surface area contributed by atoms with Gasteiger partial charge in [-0.25, -0.2) is 9.59 Å². The van der Waals surface area contributed by atoms with E-state index in [-0.39, 0.29) is 42.3 Å². The zero-order chi connectivity index (χ0) is 31.1. The smallest absolute Gasteiger partial charge is 0.416 e. The van der Waals surface area contributed by atoms with Gasteiger partial charge in [0.25, 0.3) is 0 Å². The second kappa shape index (κ2) is 13.2. The van der Waals surface area contributed by atoms with Crippen molar-refractivity contribution in [2.45, 2.75) is 25.7 Å². The Morgan fingerprint density at radius 2 is 1.70 bits per heavy atom. The van der Waals surface area contributed by atoms with Gasteiger partial charge in [0.15, 0.2) is 0 Å². The van der Waals surface area contributed by atoms with Crippen molar-refractivity contribution in [2.24, 2.45) is 0 Å². The number of nitrogens with zero attached hydrogens (tertiary/aromatic N) is 3. The van der Waals surface area contributed by atoms with E-state index in [0.29, 0.717) is 5.56 Å². The zero-order valence-corrected chi connectivity index (χ0v) is 22.9. The van der Waals surface area contributed by atoms with Gasteiger partial charge in [-0.2, -0.15) is 18.4 Å². The number of alkyl halides is 3. The Morgan fingerprint density at radius 1 is 1.00 bits per heavy atom. The van der Waals surface area contributed by atoms with Crippen molar-refractivity contribution >= 4 is 23.7 Å². The van der Waals surface area contributed by atoms with E-state index in [9.17, 15) is 37.9 Å². The fourth-order valence-electron chi connectivity index (χ4n) is 4.67. The van der Waals surface area contributed by atoms with Crippen LogP contribution in [0.4, 0.5) is 23.7 Å². The van der Waals surface area contributed by atoms with Gasteiger partial charge in [-0.1, -0.05) is 48.5 Å². The van der Waals surface area contributed by atoms with Gasteiger partial charge in [0, 0.05) is 5.70 Å². The third-order valence-corrected chi connectivity index (χ3v) is 6.63. The molecule has 0 aliphatic carbocycles.